The van der Waals surface area contributed by atoms with Crippen molar-refractivity contribution >= 4 is 33.9 Å². The van der Waals surface area contributed by atoms with Crippen LogP contribution in [0.15, 0.2) is 48.5 Å². The van der Waals surface area contributed by atoms with Crippen LogP contribution in [0.1, 0.15) is 30.1 Å². The largest absolute Gasteiger partial charge is 0.465 e. The van der Waals surface area contributed by atoms with Crippen LogP contribution in [-0.4, -0.2) is 54.8 Å². The maximum atomic E-state index is 13.1. The smallest absolute Gasteiger partial charge is 0.407 e. The number of aryl methyl sites for hydroxylation is 2. The van der Waals surface area contributed by atoms with Gasteiger partial charge in [0.25, 0.3) is 5.91 Å². The van der Waals surface area contributed by atoms with E-state index in [0.717, 1.165) is 41.9 Å². The van der Waals surface area contributed by atoms with Gasteiger partial charge in [-0.3, -0.25) is 4.79 Å². The monoisotopic (exact) mass is 457 g/mol. The third-order valence-corrected chi connectivity index (χ3v) is 7.58. The molecule has 34 heavy (non-hydrogen) atoms. The summed E-state index contributed by atoms with van der Waals surface area (Å²) >= 11 is 0. The van der Waals surface area contributed by atoms with Gasteiger partial charge in [-0.05, 0) is 56.0 Å². The van der Waals surface area contributed by atoms with Crippen LogP contribution in [0, 0.1) is 5.92 Å². The summed E-state index contributed by atoms with van der Waals surface area (Å²) in [4.78, 5) is 30.9. The molecule has 0 radical (unpaired) electrons. The summed E-state index contributed by atoms with van der Waals surface area (Å²) in [5.41, 5.74) is 4.05. The second kappa shape index (κ2) is 7.35. The number of fused-ring (bicyclic) bond motifs is 3. The number of rotatable bonds is 4. The molecule has 1 saturated carbocycles. The number of amides is 2. The zero-order valence-electron chi connectivity index (χ0n) is 19.3. The molecule has 2 fully saturated rings. The van der Waals surface area contributed by atoms with Gasteiger partial charge < -0.3 is 24.5 Å². The van der Waals surface area contributed by atoms with Crippen molar-refractivity contribution < 1.29 is 14.7 Å². The number of imidazole rings is 1. The van der Waals surface area contributed by atoms with Crippen LogP contribution in [0.4, 0.5) is 4.79 Å². The molecule has 1 saturated heterocycles. The lowest BCUT2D eigenvalue weighted by molar-refractivity contribution is 0.0874. The van der Waals surface area contributed by atoms with E-state index < -0.39 is 11.6 Å². The minimum atomic E-state index is -0.925. The molecule has 0 spiro atoms. The number of carbonyl (C=O) groups excluding carboxylic acids is 1. The lowest BCUT2D eigenvalue weighted by atomic mass is 10.1. The number of nitrogens with one attached hydrogen (secondary N) is 1. The van der Waals surface area contributed by atoms with E-state index >= 15 is 0 Å². The third-order valence-electron chi connectivity index (χ3n) is 7.58. The predicted octanol–water partition coefficient (Wildman–Crippen LogP) is 4.09. The number of carbonyl (C=O) groups is 2. The first kappa shape index (κ1) is 20.8. The van der Waals surface area contributed by atoms with Crippen molar-refractivity contribution in [1.29, 1.82) is 0 Å². The summed E-state index contributed by atoms with van der Waals surface area (Å²) in [6.07, 6.45) is 0.701. The molecular weight excluding hydrogens is 430 g/mol. The molecule has 2 aliphatic rings. The number of hydrogen-bond donors (Lipinski definition) is 2. The highest BCUT2D eigenvalue weighted by Gasteiger charge is 2.58. The zero-order chi connectivity index (χ0) is 23.6. The van der Waals surface area contributed by atoms with Crippen molar-refractivity contribution in [2.45, 2.75) is 31.8 Å². The molecule has 4 aromatic rings. The summed E-state index contributed by atoms with van der Waals surface area (Å²) in [6, 6.07) is 16.1. The van der Waals surface area contributed by atoms with Crippen LogP contribution in [0.5, 0.6) is 0 Å². The van der Waals surface area contributed by atoms with Crippen molar-refractivity contribution in [3.05, 3.63) is 54.1 Å². The van der Waals surface area contributed by atoms with Gasteiger partial charge in [-0.15, -0.1) is 0 Å². The highest BCUT2D eigenvalue weighted by Crippen LogP contribution is 2.49. The molecule has 2 atom stereocenters. The number of piperidine rings is 1. The Hall–Kier alpha value is -3.81. The van der Waals surface area contributed by atoms with Crippen LogP contribution >= 0.6 is 0 Å². The van der Waals surface area contributed by atoms with Crippen molar-refractivity contribution in [2.24, 2.45) is 13.0 Å². The molecule has 0 bridgehead atoms. The van der Waals surface area contributed by atoms with Crippen molar-refractivity contribution in [1.82, 2.24) is 24.3 Å². The van der Waals surface area contributed by atoms with E-state index in [-0.39, 0.29) is 5.91 Å². The van der Waals surface area contributed by atoms with Gasteiger partial charge in [-0.2, -0.15) is 0 Å². The Kier molecular flexibility index (Phi) is 4.49. The lowest BCUT2D eigenvalue weighted by Crippen LogP contribution is -2.51. The molecule has 1 aliphatic carbocycles. The Morgan fingerprint density at radius 1 is 1.18 bits per heavy atom. The molecule has 2 aromatic carbocycles. The van der Waals surface area contributed by atoms with Gasteiger partial charge in [0.05, 0.1) is 22.3 Å². The summed E-state index contributed by atoms with van der Waals surface area (Å²) in [6.45, 7) is 3.85. The van der Waals surface area contributed by atoms with Crippen LogP contribution in [-0.2, 0) is 13.6 Å². The quantitative estimate of drug-likeness (QED) is 0.483. The maximum absolute atomic E-state index is 13.1. The van der Waals surface area contributed by atoms with Gasteiger partial charge >= 0.3 is 6.09 Å². The highest BCUT2D eigenvalue weighted by molar-refractivity contribution is 5.98. The molecule has 3 heterocycles. The van der Waals surface area contributed by atoms with Crippen LogP contribution in [0.2, 0.25) is 0 Å². The number of nitrogens with zero attached hydrogens (tertiary/aromatic N) is 4. The third kappa shape index (κ3) is 3.09. The maximum Gasteiger partial charge on any atom is 0.407 e. The molecule has 8 nitrogen and oxygen atoms in total. The average Bonchev–Trinajstić information content (AvgIpc) is 3.27. The van der Waals surface area contributed by atoms with Gasteiger partial charge in [0.1, 0.15) is 0 Å². The van der Waals surface area contributed by atoms with E-state index in [2.05, 4.69) is 39.6 Å². The second-order valence-electron chi connectivity index (χ2n) is 9.53. The number of likely N-dealkylation sites (tertiary alicyclic amines) is 1. The number of carboxylic acid groups (broad SMARTS) is 1. The first-order chi connectivity index (χ1) is 16.4. The first-order valence-corrected chi connectivity index (χ1v) is 11.8. The zero-order valence-corrected chi connectivity index (χ0v) is 19.3. The average molecular weight is 458 g/mol. The van der Waals surface area contributed by atoms with Crippen LogP contribution in [0.3, 0.4) is 0 Å². The molecule has 6 rings (SSSR count). The van der Waals surface area contributed by atoms with Gasteiger partial charge in [0.15, 0.2) is 5.82 Å². The molecule has 2 aromatic heterocycles. The Balaban J connectivity index is 1.33. The predicted molar refractivity (Wildman–Crippen MR) is 130 cm³/mol. The van der Waals surface area contributed by atoms with Crippen LogP contribution < -0.4 is 5.32 Å². The summed E-state index contributed by atoms with van der Waals surface area (Å²) in [7, 11) is 2.00. The van der Waals surface area contributed by atoms with Crippen LogP contribution in [0.25, 0.3) is 33.5 Å². The molecule has 174 valence electrons. The van der Waals surface area contributed by atoms with E-state index in [4.69, 9.17) is 4.98 Å². The van der Waals surface area contributed by atoms with E-state index in [1.165, 1.54) is 15.8 Å². The Morgan fingerprint density at radius 2 is 2.00 bits per heavy atom. The molecule has 8 heteroatoms. The van der Waals surface area contributed by atoms with Gasteiger partial charge in [-0.1, -0.05) is 18.2 Å². The molecule has 2 amide bonds. The summed E-state index contributed by atoms with van der Waals surface area (Å²) in [5.74, 6) is 1.04. The Bertz CT molecular complexity index is 1470. The summed E-state index contributed by atoms with van der Waals surface area (Å²) in [5, 5.41) is 13.7. The number of aromatic nitrogens is 3. The second-order valence-corrected chi connectivity index (χ2v) is 9.53. The van der Waals surface area contributed by atoms with E-state index in [9.17, 15) is 14.7 Å². The fourth-order valence-corrected chi connectivity index (χ4v) is 5.64. The molecular formula is C26H27N5O3. The molecule has 1 aliphatic heterocycles. The normalized spacial score (nSPS) is 21.6. The number of hydrogen-bond acceptors (Lipinski definition) is 3. The SMILES string of the molecule is CCn1c(-c2nc3cc(C(=O)NC45CC4CCN(C(=O)O)C5)ccc3n2C)cc2ccccc21. The number of benzene rings is 2. The van der Waals surface area contributed by atoms with Crippen molar-refractivity contribution in [2.75, 3.05) is 13.1 Å². The standard InChI is InChI=1S/C26H27N5O3/c1-3-31-20-7-5-4-6-16(20)13-22(31)23-27-19-12-17(8-9-21(19)29(23)2)24(32)28-26-14-18(26)10-11-30(15-26)25(33)34/h4-9,12-13,18H,3,10-11,14-15H2,1-2H3,(H,28,32)(H,33,34). The van der Waals surface area contributed by atoms with Crippen molar-refractivity contribution in [3.63, 3.8) is 0 Å². The first-order valence-electron chi connectivity index (χ1n) is 11.8. The number of para-hydroxylation sites is 1. The Morgan fingerprint density at radius 3 is 2.79 bits per heavy atom. The lowest BCUT2D eigenvalue weighted by Gasteiger charge is -2.31. The fourth-order valence-electron chi connectivity index (χ4n) is 5.64. The molecule has 2 N–H and O–H groups in total. The van der Waals surface area contributed by atoms with Gasteiger partial charge in [0.2, 0.25) is 0 Å². The van der Waals surface area contributed by atoms with Crippen molar-refractivity contribution in [3.8, 4) is 11.5 Å². The van der Waals surface area contributed by atoms with Gasteiger partial charge in [-0.25, -0.2) is 9.78 Å². The van der Waals surface area contributed by atoms with E-state index in [0.29, 0.717) is 24.6 Å². The van der Waals surface area contributed by atoms with E-state index in [1.54, 1.807) is 0 Å². The van der Waals surface area contributed by atoms with Gasteiger partial charge in [0, 0.05) is 43.1 Å². The summed E-state index contributed by atoms with van der Waals surface area (Å²) < 4.78 is 4.33. The topological polar surface area (TPSA) is 92.4 Å². The Labute approximate surface area is 196 Å². The highest BCUT2D eigenvalue weighted by atomic mass is 16.4. The minimum absolute atomic E-state index is 0.175. The molecule has 2 unspecified atom stereocenters. The fraction of sp³-hybridized carbons (Fsp3) is 0.346. The van der Waals surface area contributed by atoms with E-state index in [1.807, 2.05) is 37.4 Å². The minimum Gasteiger partial charge on any atom is -0.465 e.